The second-order valence-electron chi connectivity index (χ2n) is 4.08. The van der Waals surface area contributed by atoms with Crippen molar-refractivity contribution in [1.29, 1.82) is 0 Å². The molecule has 0 spiro atoms. The lowest BCUT2D eigenvalue weighted by molar-refractivity contribution is 0.102. The van der Waals surface area contributed by atoms with E-state index in [1.807, 2.05) is 25.1 Å². The summed E-state index contributed by atoms with van der Waals surface area (Å²) in [7, 11) is 0. The number of nitrogens with one attached hydrogen (secondary N) is 1. The molecule has 0 fully saturated rings. The maximum absolute atomic E-state index is 12.1. The van der Waals surface area contributed by atoms with Crippen molar-refractivity contribution in [1.82, 2.24) is 0 Å². The van der Waals surface area contributed by atoms with Crippen LogP contribution in [-0.4, -0.2) is 5.91 Å². The molecule has 2 rings (SSSR count). The Morgan fingerprint density at radius 2 is 2.00 bits per heavy atom. The number of hydrogen-bond acceptors (Lipinski definition) is 2. The highest BCUT2D eigenvalue weighted by atomic mass is 79.9. The van der Waals surface area contributed by atoms with Crippen molar-refractivity contribution in [3.8, 4) is 0 Å². The van der Waals surface area contributed by atoms with Crippen LogP contribution in [0.15, 0.2) is 45.8 Å². The van der Waals surface area contributed by atoms with Gasteiger partial charge in [0.1, 0.15) is 0 Å². The van der Waals surface area contributed by atoms with Crippen molar-refractivity contribution in [2.45, 2.75) is 11.8 Å². The normalized spacial score (nSPS) is 10.3. The van der Waals surface area contributed by atoms with Crippen LogP contribution in [0.5, 0.6) is 0 Å². The van der Waals surface area contributed by atoms with Gasteiger partial charge in [-0.3, -0.25) is 4.79 Å². The van der Waals surface area contributed by atoms with Crippen LogP contribution in [0.25, 0.3) is 0 Å². The summed E-state index contributed by atoms with van der Waals surface area (Å²) in [5.74, 6) is -0.253. The molecular formula is C14H11BrClNOS. The van der Waals surface area contributed by atoms with Crippen LogP contribution >= 0.6 is 40.2 Å². The van der Waals surface area contributed by atoms with E-state index in [0.29, 0.717) is 21.2 Å². The second-order valence-corrected chi connectivity index (χ2v) is 5.86. The van der Waals surface area contributed by atoms with Crippen molar-refractivity contribution in [2.75, 3.05) is 5.32 Å². The molecular weight excluding hydrogens is 346 g/mol. The largest absolute Gasteiger partial charge is 0.322 e. The Bertz CT molecular complexity index is 645. The van der Waals surface area contributed by atoms with Gasteiger partial charge in [-0.1, -0.05) is 33.6 Å². The molecule has 1 N–H and O–H groups in total. The highest BCUT2D eigenvalue weighted by molar-refractivity contribution is 9.10. The van der Waals surface area contributed by atoms with Gasteiger partial charge in [-0.2, -0.15) is 0 Å². The van der Waals surface area contributed by atoms with Gasteiger partial charge >= 0.3 is 0 Å². The summed E-state index contributed by atoms with van der Waals surface area (Å²) >= 11 is 13.6. The fourth-order valence-electron chi connectivity index (χ4n) is 1.56. The van der Waals surface area contributed by atoms with Crippen molar-refractivity contribution in [3.05, 3.63) is 57.0 Å². The monoisotopic (exact) mass is 355 g/mol. The minimum absolute atomic E-state index is 0.253. The second kappa shape index (κ2) is 5.99. The van der Waals surface area contributed by atoms with Crippen LogP contribution in [0.1, 0.15) is 15.9 Å². The highest BCUT2D eigenvalue weighted by Crippen LogP contribution is 2.23. The van der Waals surface area contributed by atoms with Gasteiger partial charge in [-0.15, -0.1) is 12.6 Å². The van der Waals surface area contributed by atoms with Gasteiger partial charge in [0.25, 0.3) is 5.91 Å². The maximum atomic E-state index is 12.1. The third-order valence-electron chi connectivity index (χ3n) is 2.62. The lowest BCUT2D eigenvalue weighted by Crippen LogP contribution is -2.12. The molecule has 0 atom stereocenters. The van der Waals surface area contributed by atoms with E-state index in [-0.39, 0.29) is 5.91 Å². The summed E-state index contributed by atoms with van der Waals surface area (Å²) in [4.78, 5) is 12.8. The van der Waals surface area contributed by atoms with Crippen LogP contribution < -0.4 is 5.32 Å². The van der Waals surface area contributed by atoms with Crippen LogP contribution in [0.2, 0.25) is 5.02 Å². The quantitative estimate of drug-likeness (QED) is 0.732. The number of rotatable bonds is 2. The Morgan fingerprint density at radius 1 is 1.26 bits per heavy atom. The predicted octanol–water partition coefficient (Wildman–Crippen LogP) is 4.95. The van der Waals surface area contributed by atoms with Gasteiger partial charge in [-0.25, -0.2) is 0 Å². The number of halogens is 2. The zero-order chi connectivity index (χ0) is 14.0. The van der Waals surface area contributed by atoms with E-state index >= 15 is 0 Å². The number of hydrogen-bond donors (Lipinski definition) is 2. The summed E-state index contributed by atoms with van der Waals surface area (Å²) in [6.07, 6.45) is 0. The lowest BCUT2D eigenvalue weighted by atomic mass is 10.2. The van der Waals surface area contributed by atoms with Crippen LogP contribution in [0.4, 0.5) is 5.69 Å². The molecule has 5 heteroatoms. The Morgan fingerprint density at radius 3 is 2.68 bits per heavy atom. The fourth-order valence-corrected chi connectivity index (χ4v) is 2.34. The SMILES string of the molecule is Cc1ccc(NC(=O)c2cc(S)ccc2Cl)cc1Br. The van der Waals surface area contributed by atoms with Crippen molar-refractivity contribution in [3.63, 3.8) is 0 Å². The third-order valence-corrected chi connectivity index (χ3v) is 4.09. The third kappa shape index (κ3) is 3.53. The molecule has 1 amide bonds. The molecule has 0 aliphatic rings. The molecule has 0 heterocycles. The van der Waals surface area contributed by atoms with E-state index in [2.05, 4.69) is 33.9 Å². The maximum Gasteiger partial charge on any atom is 0.257 e. The predicted molar refractivity (Wildman–Crippen MR) is 85.5 cm³/mol. The minimum Gasteiger partial charge on any atom is -0.322 e. The average Bonchev–Trinajstić information content (AvgIpc) is 2.36. The molecule has 98 valence electrons. The first-order valence-corrected chi connectivity index (χ1v) is 7.15. The Labute approximate surface area is 130 Å². The summed E-state index contributed by atoms with van der Waals surface area (Å²) < 4.78 is 0.944. The molecule has 0 saturated carbocycles. The first-order chi connectivity index (χ1) is 8.97. The zero-order valence-electron chi connectivity index (χ0n) is 10.1. The number of anilines is 1. The smallest absolute Gasteiger partial charge is 0.257 e. The summed E-state index contributed by atoms with van der Waals surface area (Å²) in [6, 6.07) is 10.7. The summed E-state index contributed by atoms with van der Waals surface area (Å²) in [6.45, 7) is 1.98. The number of carbonyl (C=O) groups excluding carboxylic acids is 1. The van der Waals surface area contributed by atoms with E-state index in [9.17, 15) is 4.79 Å². The number of carbonyl (C=O) groups is 1. The van der Waals surface area contributed by atoms with Crippen LogP contribution in [0, 0.1) is 6.92 Å². The van der Waals surface area contributed by atoms with Gasteiger partial charge in [0, 0.05) is 15.1 Å². The van der Waals surface area contributed by atoms with Gasteiger partial charge in [-0.05, 0) is 42.8 Å². The Kier molecular flexibility index (Phi) is 4.55. The molecule has 0 aliphatic heterocycles. The molecule has 0 bridgehead atoms. The molecule has 0 saturated heterocycles. The summed E-state index contributed by atoms with van der Waals surface area (Å²) in [5.41, 5.74) is 2.22. The molecule has 2 aromatic rings. The minimum atomic E-state index is -0.253. The van der Waals surface area contributed by atoms with E-state index < -0.39 is 0 Å². The first-order valence-electron chi connectivity index (χ1n) is 5.53. The van der Waals surface area contributed by atoms with E-state index in [0.717, 1.165) is 10.0 Å². The molecule has 0 aliphatic carbocycles. The van der Waals surface area contributed by atoms with Crippen molar-refractivity contribution < 1.29 is 4.79 Å². The molecule has 0 radical (unpaired) electrons. The first kappa shape index (κ1) is 14.4. The number of amides is 1. The molecule has 2 aromatic carbocycles. The molecule has 19 heavy (non-hydrogen) atoms. The lowest BCUT2D eigenvalue weighted by Gasteiger charge is -2.08. The fraction of sp³-hybridized carbons (Fsp3) is 0.0714. The number of benzene rings is 2. The van der Waals surface area contributed by atoms with Crippen LogP contribution in [-0.2, 0) is 0 Å². The Balaban J connectivity index is 2.25. The molecule has 0 aromatic heterocycles. The highest BCUT2D eigenvalue weighted by Gasteiger charge is 2.11. The van der Waals surface area contributed by atoms with Gasteiger partial charge in [0.15, 0.2) is 0 Å². The van der Waals surface area contributed by atoms with Gasteiger partial charge in [0.05, 0.1) is 10.6 Å². The number of thiol groups is 1. The van der Waals surface area contributed by atoms with E-state index in [1.165, 1.54) is 0 Å². The van der Waals surface area contributed by atoms with E-state index in [4.69, 9.17) is 11.6 Å². The summed E-state index contributed by atoms with van der Waals surface area (Å²) in [5, 5.41) is 3.21. The van der Waals surface area contributed by atoms with Crippen molar-refractivity contribution >= 4 is 51.8 Å². The van der Waals surface area contributed by atoms with E-state index in [1.54, 1.807) is 18.2 Å². The average molecular weight is 357 g/mol. The standard InChI is InChI=1S/C14H11BrClNOS/c1-8-2-3-9(6-12(8)15)17-14(18)11-7-10(19)4-5-13(11)16/h2-7,19H,1H3,(H,17,18). The topological polar surface area (TPSA) is 29.1 Å². The van der Waals surface area contributed by atoms with Gasteiger partial charge < -0.3 is 5.32 Å². The number of aryl methyl sites for hydroxylation is 1. The van der Waals surface area contributed by atoms with Crippen LogP contribution in [0.3, 0.4) is 0 Å². The zero-order valence-corrected chi connectivity index (χ0v) is 13.3. The molecule has 2 nitrogen and oxygen atoms in total. The van der Waals surface area contributed by atoms with Crippen molar-refractivity contribution in [2.24, 2.45) is 0 Å². The van der Waals surface area contributed by atoms with Gasteiger partial charge in [0.2, 0.25) is 0 Å². The Hall–Kier alpha value is -0.970. The molecule has 0 unspecified atom stereocenters.